The molecule has 2 amide bonds. The summed E-state index contributed by atoms with van der Waals surface area (Å²) < 4.78 is 0. The lowest BCUT2D eigenvalue weighted by Gasteiger charge is -2.17. The number of hydrogen-bond acceptors (Lipinski definition) is 3. The summed E-state index contributed by atoms with van der Waals surface area (Å²) in [6.07, 6.45) is 0.0614. The number of benzene rings is 1. The summed E-state index contributed by atoms with van der Waals surface area (Å²) >= 11 is 0. The second-order valence-corrected chi connectivity index (χ2v) is 5.88. The largest absolute Gasteiger partial charge is 0.465 e. The van der Waals surface area contributed by atoms with Crippen LogP contribution in [0.5, 0.6) is 0 Å². The van der Waals surface area contributed by atoms with Crippen LogP contribution in [0.2, 0.25) is 0 Å². The molecule has 6 heteroatoms. The molecule has 1 saturated heterocycles. The molecular formula is C16H23N3O3. The van der Waals surface area contributed by atoms with Gasteiger partial charge in [-0.25, -0.2) is 4.79 Å². The molecule has 120 valence electrons. The van der Waals surface area contributed by atoms with Crippen molar-refractivity contribution >= 4 is 12.0 Å². The first-order valence-electron chi connectivity index (χ1n) is 7.45. The van der Waals surface area contributed by atoms with Crippen LogP contribution in [0.4, 0.5) is 4.79 Å². The zero-order chi connectivity index (χ0) is 16.1. The van der Waals surface area contributed by atoms with Gasteiger partial charge in [0.1, 0.15) is 0 Å². The van der Waals surface area contributed by atoms with Gasteiger partial charge in [0.2, 0.25) is 5.91 Å². The topological polar surface area (TPSA) is 72.9 Å². The van der Waals surface area contributed by atoms with Crippen LogP contribution in [0.25, 0.3) is 0 Å². The molecule has 2 rings (SSSR count). The van der Waals surface area contributed by atoms with Gasteiger partial charge in [0, 0.05) is 46.2 Å². The molecule has 0 aliphatic carbocycles. The third-order valence-electron chi connectivity index (χ3n) is 3.86. The lowest BCUT2D eigenvalue weighted by atomic mass is 10.1. The van der Waals surface area contributed by atoms with Crippen LogP contribution in [0, 0.1) is 0 Å². The maximum atomic E-state index is 11.1. The lowest BCUT2D eigenvalue weighted by Crippen LogP contribution is -2.35. The summed E-state index contributed by atoms with van der Waals surface area (Å²) in [6.45, 7) is 4.65. The molecule has 2 N–H and O–H groups in total. The first-order valence-corrected chi connectivity index (χ1v) is 7.45. The number of amides is 2. The van der Waals surface area contributed by atoms with E-state index >= 15 is 0 Å². The van der Waals surface area contributed by atoms with E-state index in [1.807, 2.05) is 24.3 Å². The number of carboxylic acid groups (broad SMARTS) is 1. The van der Waals surface area contributed by atoms with E-state index in [-0.39, 0.29) is 11.9 Å². The van der Waals surface area contributed by atoms with Gasteiger partial charge in [-0.15, -0.1) is 0 Å². The Morgan fingerprint density at radius 2 is 1.95 bits per heavy atom. The van der Waals surface area contributed by atoms with Gasteiger partial charge in [-0.05, 0) is 17.5 Å². The Kier molecular flexibility index (Phi) is 5.38. The summed E-state index contributed by atoms with van der Waals surface area (Å²) in [5.74, 6) is 0.0266. The van der Waals surface area contributed by atoms with Crippen LogP contribution in [-0.4, -0.2) is 53.1 Å². The molecule has 1 aromatic carbocycles. The Morgan fingerprint density at radius 3 is 2.55 bits per heavy atom. The molecule has 1 fully saturated rings. The average Bonchev–Trinajstić information content (AvgIpc) is 2.87. The highest BCUT2D eigenvalue weighted by molar-refractivity contribution is 5.73. The Labute approximate surface area is 130 Å². The normalized spacial score (nSPS) is 18.2. The molecule has 0 spiro atoms. The molecule has 1 atom stereocenters. The number of rotatable bonds is 5. The van der Waals surface area contributed by atoms with Crippen molar-refractivity contribution < 1.29 is 14.7 Å². The van der Waals surface area contributed by atoms with Gasteiger partial charge in [-0.3, -0.25) is 9.69 Å². The monoisotopic (exact) mass is 305 g/mol. The Hall–Kier alpha value is -2.08. The molecule has 0 aromatic heterocycles. The maximum Gasteiger partial charge on any atom is 0.407 e. The van der Waals surface area contributed by atoms with Gasteiger partial charge in [-0.2, -0.15) is 0 Å². The van der Waals surface area contributed by atoms with Gasteiger partial charge in [0.15, 0.2) is 0 Å². The molecule has 1 unspecified atom stereocenters. The molecule has 0 bridgehead atoms. The standard InChI is InChI=1S/C16H23N3O3/c1-12(20)17-15-7-8-19(11-15)10-14-5-3-13(4-6-14)9-18(2)16(21)22/h3-6,15H,7-11H2,1-2H3,(H,17,20)(H,21,22). The molecule has 6 nitrogen and oxygen atoms in total. The highest BCUT2D eigenvalue weighted by Crippen LogP contribution is 2.14. The van der Waals surface area contributed by atoms with E-state index in [0.717, 1.165) is 31.6 Å². The number of carbonyl (C=O) groups is 2. The van der Waals surface area contributed by atoms with E-state index in [2.05, 4.69) is 10.2 Å². The SMILES string of the molecule is CC(=O)NC1CCN(Cc2ccc(CN(C)C(=O)O)cc2)C1. The third-order valence-corrected chi connectivity index (χ3v) is 3.86. The van der Waals surface area contributed by atoms with Crippen molar-refractivity contribution in [3.63, 3.8) is 0 Å². The summed E-state index contributed by atoms with van der Waals surface area (Å²) in [5.41, 5.74) is 2.18. The van der Waals surface area contributed by atoms with Crippen molar-refractivity contribution in [1.82, 2.24) is 15.1 Å². The molecule has 1 aliphatic rings. The molecule has 0 radical (unpaired) electrons. The van der Waals surface area contributed by atoms with Crippen molar-refractivity contribution in [2.45, 2.75) is 32.5 Å². The Morgan fingerprint density at radius 1 is 1.32 bits per heavy atom. The number of carbonyl (C=O) groups excluding carboxylic acids is 1. The van der Waals surface area contributed by atoms with Crippen LogP contribution in [0.15, 0.2) is 24.3 Å². The lowest BCUT2D eigenvalue weighted by molar-refractivity contribution is -0.119. The van der Waals surface area contributed by atoms with Gasteiger partial charge < -0.3 is 15.3 Å². The molecule has 1 heterocycles. The highest BCUT2D eigenvalue weighted by Gasteiger charge is 2.22. The van der Waals surface area contributed by atoms with Crippen molar-refractivity contribution in [2.24, 2.45) is 0 Å². The second kappa shape index (κ2) is 7.26. The number of likely N-dealkylation sites (tertiary alicyclic amines) is 1. The maximum absolute atomic E-state index is 11.1. The minimum atomic E-state index is -0.926. The predicted molar refractivity (Wildman–Crippen MR) is 83.4 cm³/mol. The van der Waals surface area contributed by atoms with E-state index < -0.39 is 6.09 Å². The predicted octanol–water partition coefficient (Wildman–Crippen LogP) is 1.51. The molecular weight excluding hydrogens is 282 g/mol. The molecule has 0 saturated carbocycles. The zero-order valence-corrected chi connectivity index (χ0v) is 13.1. The summed E-state index contributed by atoms with van der Waals surface area (Å²) in [5, 5.41) is 11.8. The highest BCUT2D eigenvalue weighted by atomic mass is 16.4. The molecule has 1 aromatic rings. The first-order chi connectivity index (χ1) is 10.4. The van der Waals surface area contributed by atoms with Crippen LogP contribution >= 0.6 is 0 Å². The van der Waals surface area contributed by atoms with Crippen molar-refractivity contribution in [3.05, 3.63) is 35.4 Å². The summed E-state index contributed by atoms with van der Waals surface area (Å²) in [7, 11) is 1.56. The summed E-state index contributed by atoms with van der Waals surface area (Å²) in [4.78, 5) is 25.4. The van der Waals surface area contributed by atoms with Crippen molar-refractivity contribution in [1.29, 1.82) is 0 Å². The zero-order valence-electron chi connectivity index (χ0n) is 13.1. The Balaban J connectivity index is 1.84. The van der Waals surface area contributed by atoms with Crippen LogP contribution in [0.3, 0.4) is 0 Å². The van der Waals surface area contributed by atoms with Gasteiger partial charge in [-0.1, -0.05) is 24.3 Å². The fourth-order valence-corrected chi connectivity index (χ4v) is 2.73. The second-order valence-electron chi connectivity index (χ2n) is 5.88. The van der Waals surface area contributed by atoms with E-state index in [1.165, 1.54) is 10.5 Å². The minimum absolute atomic E-state index is 0.0266. The molecule has 22 heavy (non-hydrogen) atoms. The third kappa shape index (κ3) is 4.73. The smallest absolute Gasteiger partial charge is 0.407 e. The summed E-state index contributed by atoms with van der Waals surface area (Å²) in [6, 6.07) is 8.26. The number of nitrogens with zero attached hydrogens (tertiary/aromatic N) is 2. The Bertz CT molecular complexity index is 530. The van der Waals surface area contributed by atoms with E-state index in [1.54, 1.807) is 14.0 Å². The fraction of sp³-hybridized carbons (Fsp3) is 0.500. The first kappa shape index (κ1) is 16.3. The van der Waals surface area contributed by atoms with E-state index in [0.29, 0.717) is 6.54 Å². The number of hydrogen-bond donors (Lipinski definition) is 2. The van der Waals surface area contributed by atoms with Crippen molar-refractivity contribution in [3.8, 4) is 0 Å². The van der Waals surface area contributed by atoms with Gasteiger partial charge in [0.05, 0.1) is 0 Å². The quantitative estimate of drug-likeness (QED) is 0.865. The van der Waals surface area contributed by atoms with Gasteiger partial charge >= 0.3 is 6.09 Å². The van der Waals surface area contributed by atoms with Crippen molar-refractivity contribution in [2.75, 3.05) is 20.1 Å². The fourth-order valence-electron chi connectivity index (χ4n) is 2.73. The number of nitrogens with one attached hydrogen (secondary N) is 1. The molecule has 1 aliphatic heterocycles. The average molecular weight is 305 g/mol. The van der Waals surface area contributed by atoms with Gasteiger partial charge in [0.25, 0.3) is 0 Å². The minimum Gasteiger partial charge on any atom is -0.465 e. The van der Waals surface area contributed by atoms with Crippen LogP contribution < -0.4 is 5.32 Å². The van der Waals surface area contributed by atoms with Crippen LogP contribution in [-0.2, 0) is 17.9 Å². The van der Waals surface area contributed by atoms with E-state index in [4.69, 9.17) is 5.11 Å². The van der Waals surface area contributed by atoms with Crippen LogP contribution in [0.1, 0.15) is 24.5 Å². The van der Waals surface area contributed by atoms with E-state index in [9.17, 15) is 9.59 Å².